The smallest absolute Gasteiger partial charge is 0.387 e. The first-order chi connectivity index (χ1) is 13.3. The van der Waals surface area contributed by atoms with Gasteiger partial charge < -0.3 is 24.8 Å². The number of ether oxygens (including phenoxy) is 3. The highest BCUT2D eigenvalue weighted by Gasteiger charge is 2.16. The zero-order valence-electron chi connectivity index (χ0n) is 15.0. The number of rotatable bonds is 9. The minimum Gasteiger partial charge on any atom is -0.493 e. The summed E-state index contributed by atoms with van der Waals surface area (Å²) in [4.78, 5) is 46.0. The van der Waals surface area contributed by atoms with Crippen LogP contribution in [0.3, 0.4) is 0 Å². The zero-order chi connectivity index (χ0) is 21.1. The van der Waals surface area contributed by atoms with Gasteiger partial charge in [-0.3, -0.25) is 19.7 Å². The van der Waals surface area contributed by atoms with Crippen molar-refractivity contribution in [3.05, 3.63) is 23.8 Å². The van der Waals surface area contributed by atoms with E-state index >= 15 is 0 Å². The van der Waals surface area contributed by atoms with E-state index in [4.69, 9.17) is 4.74 Å². The number of halogens is 2. The monoisotopic (exact) mass is 403 g/mol. The molecule has 1 aromatic rings. The molecule has 0 aliphatic carbocycles. The van der Waals surface area contributed by atoms with Crippen LogP contribution in [0.25, 0.3) is 0 Å². The Balaban J connectivity index is 2.50. The molecule has 0 atom stereocenters. The second kappa shape index (κ2) is 11.3. The first-order valence-corrected chi connectivity index (χ1v) is 7.91. The molecule has 28 heavy (non-hydrogen) atoms. The number of alkyl halides is 2. The molecule has 0 heterocycles. The highest BCUT2D eigenvalue weighted by Crippen LogP contribution is 2.29. The molecule has 0 aliphatic rings. The quantitative estimate of drug-likeness (QED) is 0.509. The van der Waals surface area contributed by atoms with E-state index in [9.17, 15) is 28.0 Å². The summed E-state index contributed by atoms with van der Waals surface area (Å²) in [6.07, 6.45) is 0. The van der Waals surface area contributed by atoms with Gasteiger partial charge in [0.15, 0.2) is 18.1 Å². The molecule has 3 N–H and O–H groups in total. The number of methoxy groups -OCH3 is 1. The molecular weight excluding hydrogens is 384 g/mol. The lowest BCUT2D eigenvalue weighted by Crippen LogP contribution is -2.41. The lowest BCUT2D eigenvalue weighted by Gasteiger charge is -2.11. The fraction of sp³-hybridized carbons (Fsp3) is 0.375. The third-order valence-electron chi connectivity index (χ3n) is 2.99. The molecule has 12 heteroatoms. The molecule has 0 spiro atoms. The number of nitrogens with one attached hydrogen (secondary N) is 3. The Morgan fingerprint density at radius 2 is 1.82 bits per heavy atom. The Bertz CT molecular complexity index is 728. The molecular formula is C16H19F2N3O7. The molecule has 0 bridgehead atoms. The van der Waals surface area contributed by atoms with Gasteiger partial charge in [0.2, 0.25) is 0 Å². The van der Waals surface area contributed by atoms with Crippen molar-refractivity contribution in [2.24, 2.45) is 0 Å². The molecule has 1 aromatic carbocycles. The predicted octanol–water partition coefficient (Wildman–Crippen LogP) is 0.415. The molecule has 154 valence electrons. The van der Waals surface area contributed by atoms with E-state index in [-0.39, 0.29) is 17.1 Å². The van der Waals surface area contributed by atoms with E-state index in [1.165, 1.54) is 13.2 Å². The van der Waals surface area contributed by atoms with Crippen LogP contribution in [0.15, 0.2) is 18.2 Å². The molecule has 0 fully saturated rings. The summed E-state index contributed by atoms with van der Waals surface area (Å²) in [7, 11) is 1.21. The average molecular weight is 403 g/mol. The number of carbonyl (C=O) groups excluding carboxylic acids is 4. The minimum atomic E-state index is -3.06. The predicted molar refractivity (Wildman–Crippen MR) is 90.1 cm³/mol. The van der Waals surface area contributed by atoms with E-state index in [2.05, 4.69) is 20.1 Å². The summed E-state index contributed by atoms with van der Waals surface area (Å²) in [5.74, 6) is -2.84. The SMILES string of the molecule is CCNC(=O)NC(=O)COC(=O)CNC(=O)c1ccc(OC(F)F)c(OC)c1. The van der Waals surface area contributed by atoms with Crippen molar-refractivity contribution in [2.45, 2.75) is 13.5 Å². The third kappa shape index (κ3) is 7.85. The summed E-state index contributed by atoms with van der Waals surface area (Å²) in [5.41, 5.74) is 0.0141. The molecule has 10 nitrogen and oxygen atoms in total. The lowest BCUT2D eigenvalue weighted by atomic mass is 10.2. The summed E-state index contributed by atoms with van der Waals surface area (Å²) in [5, 5.41) is 6.47. The maximum absolute atomic E-state index is 12.3. The van der Waals surface area contributed by atoms with Crippen LogP contribution in [0.4, 0.5) is 13.6 Å². The fourth-order valence-electron chi connectivity index (χ4n) is 1.82. The number of esters is 1. The van der Waals surface area contributed by atoms with Gasteiger partial charge in [0.1, 0.15) is 6.54 Å². The van der Waals surface area contributed by atoms with E-state index in [1.54, 1.807) is 6.92 Å². The fourth-order valence-corrected chi connectivity index (χ4v) is 1.82. The summed E-state index contributed by atoms with van der Waals surface area (Å²) >= 11 is 0. The Hall–Kier alpha value is -3.44. The van der Waals surface area contributed by atoms with Crippen molar-refractivity contribution in [2.75, 3.05) is 26.8 Å². The number of benzene rings is 1. The molecule has 0 radical (unpaired) electrons. The number of hydrogen-bond donors (Lipinski definition) is 3. The first-order valence-electron chi connectivity index (χ1n) is 7.91. The standard InChI is InChI=1S/C16H19F2N3O7/c1-3-19-16(25)21-12(22)8-27-13(23)7-20-14(24)9-4-5-10(28-15(17)18)11(6-9)26-2/h4-6,15H,3,7-8H2,1-2H3,(H,20,24)(H2,19,21,22,25). The van der Waals surface area contributed by atoms with Gasteiger partial charge in [0.25, 0.3) is 11.8 Å². The van der Waals surface area contributed by atoms with Crippen molar-refractivity contribution in [3.63, 3.8) is 0 Å². The van der Waals surface area contributed by atoms with Gasteiger partial charge in [-0.25, -0.2) is 4.79 Å². The van der Waals surface area contributed by atoms with Gasteiger partial charge in [-0.05, 0) is 25.1 Å². The first kappa shape index (κ1) is 22.6. The summed E-state index contributed by atoms with van der Waals surface area (Å²) < 4.78 is 38.3. The van der Waals surface area contributed by atoms with Crippen LogP contribution >= 0.6 is 0 Å². The highest BCUT2D eigenvalue weighted by molar-refractivity contribution is 5.97. The van der Waals surface area contributed by atoms with Crippen molar-refractivity contribution < 1.29 is 42.2 Å². The number of imide groups is 1. The van der Waals surface area contributed by atoms with Crippen LogP contribution in [-0.4, -0.2) is 57.2 Å². The molecule has 4 amide bonds. The summed E-state index contributed by atoms with van der Waals surface area (Å²) in [6, 6.07) is 2.73. The number of urea groups is 1. The van der Waals surface area contributed by atoms with Gasteiger partial charge >= 0.3 is 18.6 Å². The Labute approximate surface area is 158 Å². The maximum Gasteiger partial charge on any atom is 0.387 e. The maximum atomic E-state index is 12.3. The van der Waals surface area contributed by atoms with Crippen molar-refractivity contribution in [1.29, 1.82) is 0 Å². The third-order valence-corrected chi connectivity index (χ3v) is 2.99. The van der Waals surface area contributed by atoms with Crippen LogP contribution < -0.4 is 25.4 Å². The van der Waals surface area contributed by atoms with Crippen molar-refractivity contribution in [1.82, 2.24) is 16.0 Å². The van der Waals surface area contributed by atoms with Crippen LogP contribution in [0.5, 0.6) is 11.5 Å². The van der Waals surface area contributed by atoms with Gasteiger partial charge in [-0.2, -0.15) is 8.78 Å². The van der Waals surface area contributed by atoms with E-state index in [0.29, 0.717) is 6.54 Å². The molecule has 0 saturated carbocycles. The van der Waals surface area contributed by atoms with Crippen LogP contribution in [0.2, 0.25) is 0 Å². The zero-order valence-corrected chi connectivity index (χ0v) is 15.0. The Morgan fingerprint density at radius 3 is 2.43 bits per heavy atom. The Morgan fingerprint density at radius 1 is 1.11 bits per heavy atom. The van der Waals surface area contributed by atoms with E-state index in [1.807, 2.05) is 5.32 Å². The second-order valence-electron chi connectivity index (χ2n) is 5.00. The van der Waals surface area contributed by atoms with E-state index in [0.717, 1.165) is 12.1 Å². The summed E-state index contributed by atoms with van der Waals surface area (Å²) in [6.45, 7) is -2.37. The molecule has 0 aromatic heterocycles. The van der Waals surface area contributed by atoms with Gasteiger partial charge in [-0.1, -0.05) is 0 Å². The number of hydrogen-bond acceptors (Lipinski definition) is 7. The second-order valence-corrected chi connectivity index (χ2v) is 5.00. The van der Waals surface area contributed by atoms with Crippen molar-refractivity contribution >= 4 is 23.8 Å². The largest absolute Gasteiger partial charge is 0.493 e. The van der Waals surface area contributed by atoms with Crippen molar-refractivity contribution in [3.8, 4) is 11.5 Å². The molecule has 0 unspecified atom stereocenters. The van der Waals surface area contributed by atoms with E-state index < -0.39 is 43.6 Å². The lowest BCUT2D eigenvalue weighted by molar-refractivity contribution is -0.147. The topological polar surface area (TPSA) is 132 Å². The average Bonchev–Trinajstić information content (AvgIpc) is 2.64. The van der Waals surface area contributed by atoms with Crippen LogP contribution in [0, 0.1) is 0 Å². The Kier molecular flexibility index (Phi) is 9.13. The minimum absolute atomic E-state index is 0.0141. The molecule has 0 saturated heterocycles. The van der Waals surface area contributed by atoms with Gasteiger partial charge in [0, 0.05) is 12.1 Å². The number of amides is 4. The normalized spacial score (nSPS) is 10.0. The van der Waals surface area contributed by atoms with Gasteiger partial charge in [0.05, 0.1) is 7.11 Å². The molecule has 1 rings (SSSR count). The highest BCUT2D eigenvalue weighted by atomic mass is 19.3. The van der Waals surface area contributed by atoms with Crippen LogP contribution in [0.1, 0.15) is 17.3 Å². The van der Waals surface area contributed by atoms with Crippen LogP contribution in [-0.2, 0) is 14.3 Å². The number of carbonyl (C=O) groups is 4. The molecule has 0 aliphatic heterocycles. The van der Waals surface area contributed by atoms with Gasteiger partial charge in [-0.15, -0.1) is 0 Å².